The van der Waals surface area contributed by atoms with Crippen molar-refractivity contribution in [2.24, 2.45) is 0 Å². The molecule has 0 aliphatic carbocycles. The fraction of sp³-hybridized carbons (Fsp3) is 0.316. The summed E-state index contributed by atoms with van der Waals surface area (Å²) in [6.07, 6.45) is 0. The summed E-state index contributed by atoms with van der Waals surface area (Å²) in [5, 5.41) is 2.67. The molecule has 0 saturated carbocycles. The highest BCUT2D eigenvalue weighted by Crippen LogP contribution is 2.30. The summed E-state index contributed by atoms with van der Waals surface area (Å²) < 4.78 is 14.1. The van der Waals surface area contributed by atoms with Crippen LogP contribution < -0.4 is 5.32 Å². The number of amides is 1. The second kappa shape index (κ2) is 5.91. The molecule has 2 nitrogen and oxygen atoms in total. The molecule has 0 heterocycles. The van der Waals surface area contributed by atoms with Crippen LogP contribution in [0.25, 0.3) is 0 Å². The molecule has 0 aromatic heterocycles. The molecule has 0 spiro atoms. The Bertz CT molecular complexity index is 697. The van der Waals surface area contributed by atoms with Crippen molar-refractivity contribution >= 4 is 11.6 Å². The van der Waals surface area contributed by atoms with E-state index in [0.717, 1.165) is 16.7 Å². The quantitative estimate of drug-likeness (QED) is 0.831. The summed E-state index contributed by atoms with van der Waals surface area (Å²) in [5.74, 6) is -0.714. The van der Waals surface area contributed by atoms with Crippen molar-refractivity contribution in [3.63, 3.8) is 0 Å². The zero-order valence-corrected chi connectivity index (χ0v) is 13.8. The first-order valence-electron chi connectivity index (χ1n) is 7.37. The lowest BCUT2D eigenvalue weighted by molar-refractivity contribution is 0.102. The van der Waals surface area contributed by atoms with Crippen LogP contribution in [0.1, 0.15) is 47.8 Å². The second-order valence-corrected chi connectivity index (χ2v) is 6.72. The van der Waals surface area contributed by atoms with Crippen LogP contribution in [0.15, 0.2) is 36.4 Å². The van der Waals surface area contributed by atoms with Crippen LogP contribution in [0, 0.1) is 19.7 Å². The number of carbonyl (C=O) groups excluding carboxylic acids is 1. The van der Waals surface area contributed by atoms with Crippen molar-refractivity contribution in [2.75, 3.05) is 5.32 Å². The largest absolute Gasteiger partial charge is 0.319 e. The van der Waals surface area contributed by atoms with E-state index >= 15 is 0 Å². The highest BCUT2D eigenvalue weighted by atomic mass is 19.1. The van der Waals surface area contributed by atoms with E-state index in [9.17, 15) is 9.18 Å². The molecule has 2 aromatic rings. The molecule has 2 rings (SSSR count). The smallest absolute Gasteiger partial charge is 0.255 e. The number of carbonyl (C=O) groups is 1. The molecule has 2 aromatic carbocycles. The molecule has 22 heavy (non-hydrogen) atoms. The van der Waals surface area contributed by atoms with Gasteiger partial charge in [0.25, 0.3) is 5.91 Å². The second-order valence-electron chi connectivity index (χ2n) is 6.72. The average molecular weight is 299 g/mol. The Morgan fingerprint density at radius 2 is 1.64 bits per heavy atom. The Hall–Kier alpha value is -2.16. The van der Waals surface area contributed by atoms with Crippen molar-refractivity contribution in [2.45, 2.75) is 40.0 Å². The molecular formula is C19H22FNO. The zero-order valence-electron chi connectivity index (χ0n) is 13.8. The van der Waals surface area contributed by atoms with E-state index in [-0.39, 0.29) is 17.0 Å². The van der Waals surface area contributed by atoms with Crippen LogP contribution in [0.3, 0.4) is 0 Å². The van der Waals surface area contributed by atoms with E-state index in [0.29, 0.717) is 5.56 Å². The lowest BCUT2D eigenvalue weighted by Crippen LogP contribution is -2.17. The number of halogens is 1. The minimum absolute atomic E-state index is 0.110. The lowest BCUT2D eigenvalue weighted by atomic mass is 9.84. The number of hydrogen-bond donors (Lipinski definition) is 1. The summed E-state index contributed by atoms with van der Waals surface area (Å²) in [5.41, 5.74) is 3.62. The maximum atomic E-state index is 14.1. The van der Waals surface area contributed by atoms with Crippen molar-refractivity contribution in [3.8, 4) is 0 Å². The van der Waals surface area contributed by atoms with E-state index in [4.69, 9.17) is 0 Å². The van der Waals surface area contributed by atoms with Crippen LogP contribution in [0.2, 0.25) is 0 Å². The van der Waals surface area contributed by atoms with Gasteiger partial charge in [-0.15, -0.1) is 0 Å². The summed E-state index contributed by atoms with van der Waals surface area (Å²) in [6, 6.07) is 10.4. The van der Waals surface area contributed by atoms with Gasteiger partial charge in [-0.1, -0.05) is 38.5 Å². The maximum absolute atomic E-state index is 14.1. The third-order valence-electron chi connectivity index (χ3n) is 3.68. The molecule has 116 valence electrons. The molecule has 1 N–H and O–H groups in total. The van der Waals surface area contributed by atoms with Gasteiger partial charge in [0.05, 0.1) is 5.69 Å². The number of rotatable bonds is 2. The van der Waals surface area contributed by atoms with Crippen molar-refractivity contribution < 1.29 is 9.18 Å². The van der Waals surface area contributed by atoms with E-state index in [2.05, 4.69) is 26.1 Å². The van der Waals surface area contributed by atoms with Crippen LogP contribution >= 0.6 is 0 Å². The Balaban J connectivity index is 2.33. The first-order valence-corrected chi connectivity index (χ1v) is 7.37. The predicted octanol–water partition coefficient (Wildman–Crippen LogP) is 4.99. The monoisotopic (exact) mass is 299 g/mol. The fourth-order valence-electron chi connectivity index (χ4n) is 2.48. The predicted molar refractivity (Wildman–Crippen MR) is 89.0 cm³/mol. The molecule has 0 saturated heterocycles. The van der Waals surface area contributed by atoms with Gasteiger partial charge in [-0.3, -0.25) is 4.79 Å². The van der Waals surface area contributed by atoms with Gasteiger partial charge in [-0.05, 0) is 54.7 Å². The Labute approximate surface area is 131 Å². The molecular weight excluding hydrogens is 277 g/mol. The van der Waals surface area contributed by atoms with E-state index in [1.165, 1.54) is 6.07 Å². The highest BCUT2D eigenvalue weighted by molar-refractivity contribution is 6.04. The fourth-order valence-corrected chi connectivity index (χ4v) is 2.48. The third-order valence-corrected chi connectivity index (χ3v) is 3.68. The maximum Gasteiger partial charge on any atom is 0.255 e. The molecule has 1 amide bonds. The number of hydrogen-bond acceptors (Lipinski definition) is 1. The summed E-state index contributed by atoms with van der Waals surface area (Å²) in [4.78, 5) is 12.2. The van der Waals surface area contributed by atoms with E-state index < -0.39 is 5.82 Å². The highest BCUT2D eigenvalue weighted by Gasteiger charge is 2.19. The van der Waals surface area contributed by atoms with Crippen molar-refractivity contribution in [1.29, 1.82) is 0 Å². The van der Waals surface area contributed by atoms with Gasteiger partial charge < -0.3 is 5.32 Å². The van der Waals surface area contributed by atoms with Crippen LogP contribution in [-0.2, 0) is 5.41 Å². The van der Waals surface area contributed by atoms with Crippen LogP contribution in [0.4, 0.5) is 10.1 Å². The van der Waals surface area contributed by atoms with Gasteiger partial charge in [0.2, 0.25) is 0 Å². The minimum atomic E-state index is -0.411. The van der Waals surface area contributed by atoms with E-state index in [1.807, 2.05) is 26.0 Å². The Kier molecular flexibility index (Phi) is 4.36. The van der Waals surface area contributed by atoms with Gasteiger partial charge in [0, 0.05) is 5.56 Å². The van der Waals surface area contributed by atoms with E-state index in [1.54, 1.807) is 18.2 Å². The first kappa shape index (κ1) is 16.2. The summed E-state index contributed by atoms with van der Waals surface area (Å²) in [7, 11) is 0. The minimum Gasteiger partial charge on any atom is -0.319 e. The molecule has 0 bridgehead atoms. The van der Waals surface area contributed by atoms with Crippen LogP contribution in [0.5, 0.6) is 0 Å². The van der Waals surface area contributed by atoms with Gasteiger partial charge >= 0.3 is 0 Å². The number of anilines is 1. The molecule has 3 heteroatoms. The number of nitrogens with one attached hydrogen (secondary N) is 1. The molecule has 0 fully saturated rings. The summed E-state index contributed by atoms with van der Waals surface area (Å²) >= 11 is 0. The first-order chi connectivity index (χ1) is 10.2. The molecule has 0 aliphatic heterocycles. The topological polar surface area (TPSA) is 29.1 Å². The molecule has 0 radical (unpaired) electrons. The Morgan fingerprint density at radius 1 is 1.05 bits per heavy atom. The molecule has 0 atom stereocenters. The lowest BCUT2D eigenvalue weighted by Gasteiger charge is -2.23. The van der Waals surface area contributed by atoms with Gasteiger partial charge in [-0.2, -0.15) is 0 Å². The molecule has 0 unspecified atom stereocenters. The van der Waals surface area contributed by atoms with Gasteiger partial charge in [-0.25, -0.2) is 4.39 Å². The van der Waals surface area contributed by atoms with Crippen LogP contribution in [-0.4, -0.2) is 5.91 Å². The SMILES string of the molecule is Cc1ccc(C(=O)Nc2cc(C(C)(C)C)c(C)cc2F)cc1. The zero-order chi connectivity index (χ0) is 16.5. The standard InChI is InChI=1S/C19H22FNO/c1-12-6-8-14(9-7-12)18(22)21-17-11-15(19(3,4)5)13(2)10-16(17)20/h6-11H,1-5H3,(H,21,22). The third kappa shape index (κ3) is 3.53. The average Bonchev–Trinajstić information content (AvgIpc) is 2.41. The normalized spacial score (nSPS) is 11.4. The number of benzene rings is 2. The van der Waals surface area contributed by atoms with Crippen molar-refractivity contribution in [3.05, 3.63) is 64.5 Å². The van der Waals surface area contributed by atoms with Crippen molar-refractivity contribution in [1.82, 2.24) is 0 Å². The molecule has 0 aliphatic rings. The summed E-state index contributed by atoms with van der Waals surface area (Å²) in [6.45, 7) is 10.0. The van der Waals surface area contributed by atoms with Gasteiger partial charge in [0.15, 0.2) is 0 Å². The Morgan fingerprint density at radius 3 is 2.18 bits per heavy atom. The number of aryl methyl sites for hydroxylation is 2. The van der Waals surface area contributed by atoms with Gasteiger partial charge in [0.1, 0.15) is 5.82 Å².